The normalized spacial score (nSPS) is 13.7. The number of anilines is 1. The lowest BCUT2D eigenvalue weighted by molar-refractivity contribution is -0.153. The molecule has 1 atom stereocenters. The second-order valence-electron chi connectivity index (χ2n) is 11.7. The zero-order valence-corrected chi connectivity index (χ0v) is 25.4. The Morgan fingerprint density at radius 2 is 1.75 bits per heavy atom. The lowest BCUT2D eigenvalue weighted by atomic mass is 9.97. The number of nitrogens with zero attached hydrogens (tertiary/aromatic N) is 2. The number of fused-ring (bicyclic) bond motifs is 1. The number of carboxylic acids is 1. The summed E-state index contributed by atoms with van der Waals surface area (Å²) in [5.74, 6) is -1.46. The predicted octanol–water partition coefficient (Wildman–Crippen LogP) is 5.20. The van der Waals surface area contributed by atoms with Gasteiger partial charge in [0.1, 0.15) is 12.2 Å². The van der Waals surface area contributed by atoms with Gasteiger partial charge in [0.15, 0.2) is 18.1 Å². The summed E-state index contributed by atoms with van der Waals surface area (Å²) in [4.78, 5) is 40.1. The molecular weight excluding hydrogens is 583 g/mol. The fourth-order valence-corrected chi connectivity index (χ4v) is 5.01. The van der Waals surface area contributed by atoms with Crippen molar-refractivity contribution in [1.29, 1.82) is 0 Å². The van der Waals surface area contributed by atoms with Crippen molar-refractivity contribution in [3.8, 4) is 11.5 Å². The van der Waals surface area contributed by atoms with E-state index >= 15 is 0 Å². The molecule has 1 aliphatic rings. The van der Waals surface area contributed by atoms with Crippen LogP contribution in [0, 0.1) is 0 Å². The zero-order valence-electron chi connectivity index (χ0n) is 25.4. The summed E-state index contributed by atoms with van der Waals surface area (Å²) in [6.07, 6.45) is -3.67. The van der Waals surface area contributed by atoms with Gasteiger partial charge in [-0.2, -0.15) is 13.2 Å². The van der Waals surface area contributed by atoms with Crippen molar-refractivity contribution < 1.29 is 46.9 Å². The van der Waals surface area contributed by atoms with Crippen LogP contribution in [-0.2, 0) is 22.4 Å². The molecule has 0 spiro atoms. The van der Waals surface area contributed by atoms with E-state index in [0.717, 1.165) is 11.1 Å². The molecule has 2 aromatic rings. The molecule has 0 saturated carbocycles. The maximum atomic E-state index is 13.2. The maximum Gasteiger partial charge on any atom is 0.422 e. The van der Waals surface area contributed by atoms with Crippen LogP contribution in [0.2, 0.25) is 0 Å². The van der Waals surface area contributed by atoms with Crippen LogP contribution >= 0.6 is 0 Å². The van der Waals surface area contributed by atoms with Gasteiger partial charge < -0.3 is 34.9 Å². The van der Waals surface area contributed by atoms with Gasteiger partial charge in [0.05, 0.1) is 17.8 Å². The fraction of sp³-hybridized carbons (Fsp3) is 0.516. The molecule has 2 aromatic carbocycles. The lowest BCUT2D eigenvalue weighted by Gasteiger charge is -2.32. The van der Waals surface area contributed by atoms with Gasteiger partial charge in [-0.3, -0.25) is 9.59 Å². The number of carboxylic acid groups (broad SMARTS) is 1. The molecule has 1 heterocycles. The molecule has 0 unspecified atom stereocenters. The third-order valence-corrected chi connectivity index (χ3v) is 6.82. The number of rotatable bonds is 14. The number of amides is 2. The number of nitrogens with two attached hydrogens (primary N) is 1. The molecule has 1 aliphatic heterocycles. The summed E-state index contributed by atoms with van der Waals surface area (Å²) in [5, 5.41) is 8.98. The topological polar surface area (TPSA) is 132 Å². The molecule has 0 bridgehead atoms. The van der Waals surface area contributed by atoms with E-state index in [4.69, 9.17) is 25.1 Å². The minimum atomic E-state index is -4.51. The Labute approximate surface area is 254 Å². The van der Waals surface area contributed by atoms with Crippen LogP contribution in [0.1, 0.15) is 62.0 Å². The van der Waals surface area contributed by atoms with Crippen LogP contribution in [-0.4, -0.2) is 78.6 Å². The van der Waals surface area contributed by atoms with Gasteiger partial charge in [-0.15, -0.1) is 0 Å². The second kappa shape index (κ2) is 14.5. The Bertz CT molecular complexity index is 1330. The molecule has 3 N–H and O–H groups in total. The number of carbonyl (C=O) groups excluding carboxylic acids is 2. The van der Waals surface area contributed by atoms with Crippen LogP contribution in [0.15, 0.2) is 36.4 Å². The molecule has 2 amide bonds. The van der Waals surface area contributed by atoms with Crippen LogP contribution in [0.3, 0.4) is 0 Å². The number of hydrogen-bond acceptors (Lipinski definition) is 7. The third kappa shape index (κ3) is 10.2. The molecule has 0 aliphatic carbocycles. The summed E-state index contributed by atoms with van der Waals surface area (Å²) in [6.45, 7) is 6.66. The van der Waals surface area contributed by atoms with Crippen molar-refractivity contribution >= 4 is 23.7 Å². The summed E-state index contributed by atoms with van der Waals surface area (Å²) in [7, 11) is 0. The smallest absolute Gasteiger partial charge is 0.422 e. The quantitative estimate of drug-likeness (QED) is 0.294. The maximum absolute atomic E-state index is 13.2. The molecule has 0 fully saturated rings. The third-order valence-electron chi connectivity index (χ3n) is 6.82. The Hall–Kier alpha value is -4.16. The molecule has 44 heavy (non-hydrogen) atoms. The molecule has 0 saturated heterocycles. The van der Waals surface area contributed by atoms with Crippen LogP contribution in [0.4, 0.5) is 23.7 Å². The molecule has 10 nitrogen and oxygen atoms in total. The van der Waals surface area contributed by atoms with Gasteiger partial charge in [-0.1, -0.05) is 18.2 Å². The minimum Gasteiger partial charge on any atom is -0.488 e. The number of primary amides is 1. The first kappa shape index (κ1) is 34.3. The molecular formula is C31H40F3N3O7. The Balaban J connectivity index is 1.77. The summed E-state index contributed by atoms with van der Waals surface area (Å²) < 4.78 is 54.3. The molecule has 13 heteroatoms. The average molecular weight is 624 g/mol. The number of ether oxygens (including phenoxy) is 3. The average Bonchev–Trinajstić information content (AvgIpc) is 3.30. The largest absolute Gasteiger partial charge is 0.488 e. The highest BCUT2D eigenvalue weighted by atomic mass is 19.4. The van der Waals surface area contributed by atoms with Crippen molar-refractivity contribution in [2.75, 3.05) is 37.7 Å². The highest BCUT2D eigenvalue weighted by Crippen LogP contribution is 2.34. The zero-order chi connectivity index (χ0) is 32.7. The molecule has 3 rings (SSSR count). The number of hydrogen-bond donors (Lipinski definition) is 2. The molecule has 242 valence electrons. The first-order valence-electron chi connectivity index (χ1n) is 14.4. The summed E-state index contributed by atoms with van der Waals surface area (Å²) in [6, 6.07) is 9.21. The van der Waals surface area contributed by atoms with Gasteiger partial charge >= 0.3 is 18.2 Å². The Kier molecular flexibility index (Phi) is 11.3. The Morgan fingerprint density at radius 3 is 2.34 bits per heavy atom. The number of carbonyl (C=O) groups is 3. The minimum absolute atomic E-state index is 0.0176. The monoisotopic (exact) mass is 623 g/mol. The molecule has 0 aromatic heterocycles. The second-order valence-corrected chi connectivity index (χ2v) is 11.7. The first-order chi connectivity index (χ1) is 20.5. The van der Waals surface area contributed by atoms with E-state index in [1.54, 1.807) is 32.9 Å². The van der Waals surface area contributed by atoms with Crippen LogP contribution in [0.5, 0.6) is 11.5 Å². The van der Waals surface area contributed by atoms with Crippen LogP contribution < -0.4 is 20.1 Å². The van der Waals surface area contributed by atoms with Crippen molar-refractivity contribution in [3.63, 3.8) is 0 Å². The first-order valence-corrected chi connectivity index (χ1v) is 14.4. The highest BCUT2D eigenvalue weighted by molar-refractivity contribution is 6.00. The number of para-hydroxylation sites is 2. The van der Waals surface area contributed by atoms with Crippen molar-refractivity contribution in [2.45, 2.75) is 71.2 Å². The number of alkyl halides is 3. The van der Waals surface area contributed by atoms with E-state index < -0.39 is 42.4 Å². The van der Waals surface area contributed by atoms with Gasteiger partial charge in [0, 0.05) is 25.6 Å². The van der Waals surface area contributed by atoms with Gasteiger partial charge in [-0.25, -0.2) is 4.79 Å². The van der Waals surface area contributed by atoms with Gasteiger partial charge in [0.25, 0.3) is 5.91 Å². The van der Waals surface area contributed by atoms with E-state index in [0.29, 0.717) is 43.6 Å². The van der Waals surface area contributed by atoms with E-state index in [1.165, 1.54) is 23.1 Å². The van der Waals surface area contributed by atoms with Crippen LogP contribution in [0.25, 0.3) is 0 Å². The van der Waals surface area contributed by atoms with Gasteiger partial charge in [-0.05, 0) is 76.3 Å². The Morgan fingerprint density at radius 1 is 1.09 bits per heavy atom. The summed E-state index contributed by atoms with van der Waals surface area (Å²) >= 11 is 0. The number of halogens is 3. The fourth-order valence-electron chi connectivity index (χ4n) is 5.01. The van der Waals surface area contributed by atoms with E-state index in [1.807, 2.05) is 17.9 Å². The van der Waals surface area contributed by atoms with Crippen molar-refractivity contribution in [2.24, 2.45) is 5.73 Å². The summed E-state index contributed by atoms with van der Waals surface area (Å²) in [5.41, 5.74) is 7.70. The van der Waals surface area contributed by atoms with Crippen molar-refractivity contribution in [1.82, 2.24) is 4.90 Å². The van der Waals surface area contributed by atoms with Crippen molar-refractivity contribution in [3.05, 3.63) is 53.1 Å². The lowest BCUT2D eigenvalue weighted by Crippen LogP contribution is -2.45. The van der Waals surface area contributed by atoms with E-state index in [2.05, 4.69) is 0 Å². The number of aliphatic carboxylic acids is 1. The van der Waals surface area contributed by atoms with E-state index in [9.17, 15) is 27.6 Å². The molecule has 0 radical (unpaired) electrons. The van der Waals surface area contributed by atoms with E-state index in [-0.39, 0.29) is 31.1 Å². The predicted molar refractivity (Wildman–Crippen MR) is 157 cm³/mol. The standard InChI is InChI=1S/C31H40F3N3O7/c1-20(16-21-17-22-11-13-36(12-7-10-26(38)39)27(22)23(18-21)28(35)40)37(29(41)44-30(2,3)4)14-15-42-24-8-5-6-9-25(24)43-19-31(32,33)34/h5-6,8-9,17-18,20H,7,10-16,19H2,1-4H3,(H2,35,40)(H,38,39)/t20-/m1/s1. The van der Waals surface area contributed by atoms with Gasteiger partial charge in [0.2, 0.25) is 0 Å². The SMILES string of the molecule is C[C@H](Cc1cc2c(c(C(N)=O)c1)N(CCCC(=O)O)CC2)N(CCOc1ccccc1OCC(F)(F)F)C(=O)OC(C)(C)C. The number of benzene rings is 2. The highest BCUT2D eigenvalue weighted by Gasteiger charge is 2.30.